The number of rotatable bonds is 13. The fraction of sp³-hybridized carbons (Fsp3) is 0.355. The van der Waals surface area contributed by atoms with E-state index in [4.69, 9.17) is 9.26 Å². The summed E-state index contributed by atoms with van der Waals surface area (Å²) < 4.78 is 40.5. The Balaban J connectivity index is 1.26. The van der Waals surface area contributed by atoms with Crippen molar-refractivity contribution in [1.82, 2.24) is 20.5 Å². The standard InChI is InChI=1S/C31H36N4O5S2/c1-21(2)12-15-32-20-22-8-9-24-25(13-16-39-28(24)18-22)33-30(36)19-27(23-6-4-3-5-7-23)35-42(37,38)31-11-10-29(41-31)26-14-17-40-34-26/h3-11,14,17-18,21,25,27,32,35H,12-13,15-16,19-20H2,1-2H3,(H,33,36). The SMILES string of the molecule is CC(C)CCNCc1ccc2c(c1)OCCC2NC(=O)CC(NS(=O)(=O)c1ccc(-c2ccon2)s1)c1ccccc1. The summed E-state index contributed by atoms with van der Waals surface area (Å²) in [6, 6.07) is 19.2. The lowest BCUT2D eigenvalue weighted by molar-refractivity contribution is -0.122. The smallest absolute Gasteiger partial charge is 0.250 e. The van der Waals surface area contributed by atoms with Crippen molar-refractivity contribution >= 4 is 27.3 Å². The molecular formula is C31H36N4O5S2. The lowest BCUT2D eigenvalue weighted by atomic mass is 9.98. The zero-order valence-corrected chi connectivity index (χ0v) is 25.3. The minimum absolute atomic E-state index is 0.0602. The number of aromatic nitrogens is 1. The molecule has 2 aromatic carbocycles. The number of ether oxygens (including phenoxy) is 1. The quantitative estimate of drug-likeness (QED) is 0.169. The van der Waals surface area contributed by atoms with Gasteiger partial charge in [-0.15, -0.1) is 11.3 Å². The van der Waals surface area contributed by atoms with Gasteiger partial charge in [-0.25, -0.2) is 13.1 Å². The van der Waals surface area contributed by atoms with E-state index in [2.05, 4.69) is 40.4 Å². The van der Waals surface area contributed by atoms with E-state index in [0.717, 1.165) is 47.7 Å². The number of fused-ring (bicyclic) bond motifs is 1. The molecule has 0 fully saturated rings. The maximum Gasteiger partial charge on any atom is 0.250 e. The summed E-state index contributed by atoms with van der Waals surface area (Å²) in [5.74, 6) is 1.17. The molecule has 0 spiro atoms. The van der Waals surface area contributed by atoms with Gasteiger partial charge in [-0.1, -0.05) is 61.5 Å². The molecular weight excluding hydrogens is 572 g/mol. The van der Waals surface area contributed by atoms with Gasteiger partial charge in [-0.05, 0) is 48.2 Å². The van der Waals surface area contributed by atoms with Crippen molar-refractivity contribution in [2.45, 2.75) is 55.9 Å². The molecule has 42 heavy (non-hydrogen) atoms. The summed E-state index contributed by atoms with van der Waals surface area (Å²) in [7, 11) is -3.92. The summed E-state index contributed by atoms with van der Waals surface area (Å²) in [5.41, 5.74) is 3.32. The van der Waals surface area contributed by atoms with E-state index in [9.17, 15) is 13.2 Å². The van der Waals surface area contributed by atoms with Crippen LogP contribution in [0.1, 0.15) is 61.9 Å². The molecule has 4 aromatic rings. The maximum absolute atomic E-state index is 13.4. The van der Waals surface area contributed by atoms with Crippen LogP contribution in [0, 0.1) is 5.92 Å². The number of carbonyl (C=O) groups is 1. The van der Waals surface area contributed by atoms with Crippen LogP contribution in [0.15, 0.2) is 81.7 Å². The number of nitrogens with one attached hydrogen (secondary N) is 3. The number of carbonyl (C=O) groups excluding carboxylic acids is 1. The van der Waals surface area contributed by atoms with Crippen LogP contribution in [0.3, 0.4) is 0 Å². The normalized spacial score (nSPS) is 15.6. The Labute approximate surface area is 250 Å². The average Bonchev–Trinajstić information content (AvgIpc) is 3.69. The van der Waals surface area contributed by atoms with E-state index < -0.39 is 16.1 Å². The molecule has 3 N–H and O–H groups in total. The van der Waals surface area contributed by atoms with E-state index in [1.165, 1.54) is 12.3 Å². The van der Waals surface area contributed by atoms with Gasteiger partial charge in [0.25, 0.3) is 10.0 Å². The fourth-order valence-corrected chi connectivity index (χ4v) is 7.36. The minimum Gasteiger partial charge on any atom is -0.493 e. The predicted octanol–water partition coefficient (Wildman–Crippen LogP) is 5.59. The van der Waals surface area contributed by atoms with Gasteiger partial charge in [-0.3, -0.25) is 4.79 Å². The highest BCUT2D eigenvalue weighted by Crippen LogP contribution is 2.34. The zero-order chi connectivity index (χ0) is 29.5. The van der Waals surface area contributed by atoms with Crippen LogP contribution in [0.5, 0.6) is 5.75 Å². The Hall–Kier alpha value is -3.51. The summed E-state index contributed by atoms with van der Waals surface area (Å²) in [6.07, 6.45) is 3.13. The molecule has 9 nitrogen and oxygen atoms in total. The van der Waals surface area contributed by atoms with Crippen LogP contribution in [-0.2, 0) is 21.4 Å². The molecule has 11 heteroatoms. The summed E-state index contributed by atoms with van der Waals surface area (Å²) in [6.45, 7) is 6.61. The second kappa shape index (κ2) is 13.6. The highest BCUT2D eigenvalue weighted by atomic mass is 32.2. The first kappa shape index (κ1) is 30.0. The lowest BCUT2D eigenvalue weighted by Crippen LogP contribution is -2.36. The van der Waals surface area contributed by atoms with Crippen LogP contribution in [-0.4, -0.2) is 32.6 Å². The third-order valence-corrected chi connectivity index (χ3v) is 10.2. The number of sulfonamides is 1. The molecule has 0 saturated carbocycles. The molecule has 222 valence electrons. The first-order valence-corrected chi connectivity index (χ1v) is 16.4. The van der Waals surface area contributed by atoms with E-state index in [1.54, 1.807) is 12.1 Å². The molecule has 3 heterocycles. The van der Waals surface area contributed by atoms with Gasteiger partial charge in [0.1, 0.15) is 21.9 Å². The summed E-state index contributed by atoms with van der Waals surface area (Å²) >= 11 is 1.09. The van der Waals surface area contributed by atoms with Crippen molar-refractivity contribution in [2.75, 3.05) is 13.2 Å². The number of amides is 1. The third-order valence-electron chi connectivity index (χ3n) is 7.11. The van der Waals surface area contributed by atoms with Crippen molar-refractivity contribution in [2.24, 2.45) is 5.92 Å². The monoisotopic (exact) mass is 608 g/mol. The number of benzene rings is 2. The van der Waals surface area contributed by atoms with E-state index in [1.807, 2.05) is 42.5 Å². The Bertz CT molecular complexity index is 1570. The highest BCUT2D eigenvalue weighted by Gasteiger charge is 2.28. The Morgan fingerprint density at radius 2 is 1.93 bits per heavy atom. The molecule has 0 bridgehead atoms. The van der Waals surface area contributed by atoms with E-state index >= 15 is 0 Å². The Kier molecular flexibility index (Phi) is 9.73. The molecule has 2 atom stereocenters. The summed E-state index contributed by atoms with van der Waals surface area (Å²) in [5, 5.41) is 10.5. The van der Waals surface area contributed by atoms with E-state index in [-0.39, 0.29) is 22.6 Å². The Morgan fingerprint density at radius 3 is 2.69 bits per heavy atom. The van der Waals surface area contributed by atoms with Crippen LogP contribution in [0.2, 0.25) is 0 Å². The molecule has 0 radical (unpaired) electrons. The van der Waals surface area contributed by atoms with Crippen molar-refractivity contribution in [3.8, 4) is 16.3 Å². The molecule has 5 rings (SSSR count). The minimum atomic E-state index is -3.92. The van der Waals surface area contributed by atoms with Crippen molar-refractivity contribution in [1.29, 1.82) is 0 Å². The van der Waals surface area contributed by atoms with Gasteiger partial charge < -0.3 is 19.9 Å². The van der Waals surface area contributed by atoms with Crippen molar-refractivity contribution in [3.63, 3.8) is 0 Å². The first-order valence-electron chi connectivity index (χ1n) is 14.1. The first-order chi connectivity index (χ1) is 20.3. The molecule has 1 aliphatic rings. The fourth-order valence-electron chi connectivity index (χ4n) is 4.86. The average molecular weight is 609 g/mol. The molecule has 0 saturated heterocycles. The van der Waals surface area contributed by atoms with Crippen molar-refractivity contribution in [3.05, 3.63) is 89.7 Å². The van der Waals surface area contributed by atoms with Gasteiger partial charge in [0.2, 0.25) is 5.91 Å². The highest BCUT2D eigenvalue weighted by molar-refractivity contribution is 7.91. The van der Waals surface area contributed by atoms with Crippen LogP contribution >= 0.6 is 11.3 Å². The van der Waals surface area contributed by atoms with Crippen molar-refractivity contribution < 1.29 is 22.5 Å². The van der Waals surface area contributed by atoms with Gasteiger partial charge in [-0.2, -0.15) is 0 Å². The molecule has 1 amide bonds. The maximum atomic E-state index is 13.4. The van der Waals surface area contributed by atoms with Gasteiger partial charge in [0.15, 0.2) is 0 Å². The predicted molar refractivity (Wildman–Crippen MR) is 163 cm³/mol. The summed E-state index contributed by atoms with van der Waals surface area (Å²) in [4.78, 5) is 14.0. The number of thiophene rings is 1. The number of hydrogen-bond acceptors (Lipinski definition) is 8. The number of hydrogen-bond donors (Lipinski definition) is 3. The van der Waals surface area contributed by atoms with Gasteiger partial charge in [0.05, 0.1) is 23.6 Å². The lowest BCUT2D eigenvalue weighted by Gasteiger charge is -2.28. The van der Waals surface area contributed by atoms with Crippen LogP contribution in [0.4, 0.5) is 0 Å². The Morgan fingerprint density at radius 1 is 1.10 bits per heavy atom. The van der Waals surface area contributed by atoms with E-state index in [0.29, 0.717) is 35.1 Å². The van der Waals surface area contributed by atoms with Crippen LogP contribution < -0.4 is 20.1 Å². The number of nitrogens with zero attached hydrogens (tertiary/aromatic N) is 1. The third kappa shape index (κ3) is 7.65. The topological polar surface area (TPSA) is 123 Å². The van der Waals surface area contributed by atoms with Gasteiger partial charge >= 0.3 is 0 Å². The molecule has 2 unspecified atom stereocenters. The molecule has 2 aromatic heterocycles. The van der Waals surface area contributed by atoms with Gasteiger partial charge in [0, 0.05) is 31.0 Å². The second-order valence-corrected chi connectivity index (χ2v) is 13.8. The van der Waals surface area contributed by atoms with Crippen LogP contribution in [0.25, 0.3) is 10.6 Å². The second-order valence-electron chi connectivity index (χ2n) is 10.8. The molecule has 1 aliphatic heterocycles. The zero-order valence-electron chi connectivity index (χ0n) is 23.7. The largest absolute Gasteiger partial charge is 0.493 e. The molecule has 0 aliphatic carbocycles.